The highest BCUT2D eigenvalue weighted by Crippen LogP contribution is 2.24. The molecule has 0 aromatic heterocycles. The van der Waals surface area contributed by atoms with Gasteiger partial charge in [0, 0.05) is 11.1 Å². The first-order chi connectivity index (χ1) is 22.8. The van der Waals surface area contributed by atoms with Gasteiger partial charge in [0.05, 0.1) is 22.7 Å². The fourth-order valence-electron chi connectivity index (χ4n) is 4.37. The molecule has 0 aliphatic carbocycles. The summed E-state index contributed by atoms with van der Waals surface area (Å²) in [7, 11) is 0. The maximum absolute atomic E-state index is 4.55. The van der Waals surface area contributed by atoms with Crippen molar-refractivity contribution in [2.24, 2.45) is 30.7 Å². The Morgan fingerprint density at radius 3 is 1.02 bits per heavy atom. The molecule has 0 bridgehead atoms. The van der Waals surface area contributed by atoms with Gasteiger partial charge in [-0.05, 0) is 59.7 Å². The molecule has 6 rings (SSSR count). The summed E-state index contributed by atoms with van der Waals surface area (Å²) < 4.78 is 0. The van der Waals surface area contributed by atoms with Crippen molar-refractivity contribution < 1.29 is 0 Å². The van der Waals surface area contributed by atoms with Gasteiger partial charge in [0.15, 0.2) is 0 Å². The number of nitrogens with zero attached hydrogens (tertiary/aromatic N) is 6. The second-order valence-corrected chi connectivity index (χ2v) is 10.1. The zero-order valence-corrected chi connectivity index (χ0v) is 24.8. The third kappa shape index (κ3) is 8.30. The van der Waals surface area contributed by atoms with Crippen LogP contribution in [0.3, 0.4) is 0 Å². The number of hydrogen-bond acceptors (Lipinski definition) is 6. The molecule has 0 saturated heterocycles. The number of anilines is 2. The summed E-state index contributed by atoms with van der Waals surface area (Å²) in [4.78, 5) is 0. The molecule has 222 valence electrons. The minimum atomic E-state index is 0.483. The molecular weight excluding hydrogens is 568 g/mol. The molecule has 0 atom stereocenters. The Bertz CT molecular complexity index is 1790. The summed E-state index contributed by atoms with van der Waals surface area (Å²) in [5.41, 5.74) is 13.3. The van der Waals surface area contributed by atoms with Gasteiger partial charge in [-0.15, -0.1) is 20.5 Å². The van der Waals surface area contributed by atoms with Crippen molar-refractivity contribution in [3.05, 3.63) is 181 Å². The normalized spacial score (nSPS) is 12.0. The number of nitrogens with one attached hydrogen (secondary N) is 2. The Morgan fingerprint density at radius 2 is 0.674 bits per heavy atom. The topological polar surface area (TPSA) is 98.2 Å². The first kappa shape index (κ1) is 29.5. The summed E-state index contributed by atoms with van der Waals surface area (Å²) in [6.07, 6.45) is 0. The Balaban J connectivity index is 1.13. The lowest BCUT2D eigenvalue weighted by atomic mass is 10.1. The maximum atomic E-state index is 4.55. The van der Waals surface area contributed by atoms with Gasteiger partial charge in [-0.2, -0.15) is 10.2 Å². The summed E-state index contributed by atoms with van der Waals surface area (Å²) in [5.74, 6) is 0.965. The van der Waals surface area contributed by atoms with Gasteiger partial charge in [0.1, 0.15) is 0 Å². The first-order valence-corrected chi connectivity index (χ1v) is 14.7. The number of amidine groups is 2. The van der Waals surface area contributed by atoms with Gasteiger partial charge >= 0.3 is 0 Å². The molecule has 0 aliphatic rings. The van der Waals surface area contributed by atoms with E-state index in [-0.39, 0.29) is 0 Å². The average Bonchev–Trinajstić information content (AvgIpc) is 3.14. The van der Waals surface area contributed by atoms with Crippen LogP contribution in [-0.2, 0) is 0 Å². The van der Waals surface area contributed by atoms with E-state index in [1.165, 1.54) is 0 Å². The van der Waals surface area contributed by atoms with Gasteiger partial charge in [-0.25, -0.2) is 0 Å². The molecule has 6 aromatic rings. The van der Waals surface area contributed by atoms with E-state index in [1.807, 2.05) is 170 Å². The van der Waals surface area contributed by atoms with Crippen LogP contribution < -0.4 is 10.9 Å². The molecule has 46 heavy (non-hydrogen) atoms. The largest absolute Gasteiger partial charge is 0.276 e. The predicted octanol–water partition coefficient (Wildman–Crippen LogP) is 10.5. The van der Waals surface area contributed by atoms with E-state index in [0.29, 0.717) is 11.7 Å². The van der Waals surface area contributed by atoms with Crippen molar-refractivity contribution in [2.75, 3.05) is 10.9 Å². The number of azo groups is 2. The zero-order valence-electron chi connectivity index (χ0n) is 24.8. The molecule has 2 N–H and O–H groups in total. The van der Waals surface area contributed by atoms with Gasteiger partial charge in [0.2, 0.25) is 11.7 Å². The molecule has 0 unspecified atom stereocenters. The highest BCUT2D eigenvalue weighted by atomic mass is 15.3. The monoisotopic (exact) mass is 598 g/mol. The Morgan fingerprint density at radius 1 is 0.348 bits per heavy atom. The average molecular weight is 599 g/mol. The predicted molar refractivity (Wildman–Crippen MR) is 187 cm³/mol. The highest BCUT2D eigenvalue weighted by molar-refractivity contribution is 6.00. The molecule has 6 aromatic carbocycles. The zero-order chi connectivity index (χ0) is 31.2. The summed E-state index contributed by atoms with van der Waals surface area (Å²) in [6, 6.07) is 54.8. The molecule has 0 aliphatic heterocycles. The van der Waals surface area contributed by atoms with Gasteiger partial charge < -0.3 is 0 Å². The fraction of sp³-hybridized carbons (Fsp3) is 0. The standard InChI is InChI=1S/C38H30N8/c1-5-13-31(14-6-1)37(43-39-33-17-9-3-10-18-33)45-41-35-25-21-29(22-26-35)30-23-27-36(28-24-30)42-46-38(32-15-7-2-8-16-32)44-40-34-19-11-4-12-20-34/h1-28,41-42H/b43-39?,44-40?,45-37-,46-38+. The van der Waals surface area contributed by atoms with Crippen molar-refractivity contribution in [3.8, 4) is 11.1 Å². The van der Waals surface area contributed by atoms with Crippen LogP contribution in [0, 0.1) is 0 Å². The van der Waals surface area contributed by atoms with Crippen molar-refractivity contribution in [1.29, 1.82) is 0 Å². The van der Waals surface area contributed by atoms with Crippen molar-refractivity contribution >= 4 is 34.4 Å². The summed E-state index contributed by atoms with van der Waals surface area (Å²) in [6.45, 7) is 0. The lowest BCUT2D eigenvalue weighted by Crippen LogP contribution is -2.01. The van der Waals surface area contributed by atoms with E-state index in [9.17, 15) is 0 Å². The van der Waals surface area contributed by atoms with E-state index >= 15 is 0 Å². The molecular formula is C38H30N8. The SMILES string of the molecule is c1ccc(N=N/C(=N\Nc2ccc(-c3ccc(N/N=C(/N=Nc4ccccc4)c4ccccc4)cc3)cc2)c2ccccc2)cc1. The van der Waals surface area contributed by atoms with Crippen LogP contribution in [0.1, 0.15) is 11.1 Å². The van der Waals surface area contributed by atoms with Gasteiger partial charge in [-0.3, -0.25) is 10.9 Å². The maximum Gasteiger partial charge on any atom is 0.201 e. The Hall–Kier alpha value is -6.54. The molecule has 0 saturated carbocycles. The second kappa shape index (κ2) is 15.3. The Labute approximate surface area is 267 Å². The quantitative estimate of drug-likeness (QED) is 0.0749. The summed E-state index contributed by atoms with van der Waals surface area (Å²) in [5, 5.41) is 26.6. The molecule has 8 nitrogen and oxygen atoms in total. The van der Waals surface area contributed by atoms with E-state index in [2.05, 4.69) is 41.5 Å². The van der Waals surface area contributed by atoms with Crippen molar-refractivity contribution in [2.45, 2.75) is 0 Å². The number of hydrazone groups is 2. The van der Waals surface area contributed by atoms with E-state index in [4.69, 9.17) is 0 Å². The minimum absolute atomic E-state index is 0.483. The lowest BCUT2D eigenvalue weighted by Gasteiger charge is -2.07. The van der Waals surface area contributed by atoms with Crippen LogP contribution in [-0.4, -0.2) is 11.7 Å². The van der Waals surface area contributed by atoms with Crippen LogP contribution in [0.4, 0.5) is 22.7 Å². The van der Waals surface area contributed by atoms with Crippen LogP contribution in [0.5, 0.6) is 0 Å². The molecule has 8 heteroatoms. The Kier molecular flexibility index (Phi) is 9.80. The number of benzene rings is 6. The molecule has 0 radical (unpaired) electrons. The third-order valence-corrected chi connectivity index (χ3v) is 6.78. The third-order valence-electron chi connectivity index (χ3n) is 6.78. The van der Waals surface area contributed by atoms with Crippen molar-refractivity contribution in [3.63, 3.8) is 0 Å². The first-order valence-electron chi connectivity index (χ1n) is 14.7. The minimum Gasteiger partial charge on any atom is -0.276 e. The molecule has 0 spiro atoms. The molecule has 0 heterocycles. The van der Waals surface area contributed by atoms with E-state index in [0.717, 1.165) is 45.0 Å². The fourth-order valence-corrected chi connectivity index (χ4v) is 4.37. The van der Waals surface area contributed by atoms with Gasteiger partial charge in [0.25, 0.3) is 0 Å². The van der Waals surface area contributed by atoms with Crippen LogP contribution in [0.2, 0.25) is 0 Å². The lowest BCUT2D eigenvalue weighted by molar-refractivity contribution is 1.22. The van der Waals surface area contributed by atoms with Crippen LogP contribution in [0.15, 0.2) is 201 Å². The van der Waals surface area contributed by atoms with Gasteiger partial charge in [-0.1, -0.05) is 121 Å². The molecule has 0 fully saturated rings. The number of rotatable bonds is 9. The molecule has 0 amide bonds. The number of hydrogen-bond donors (Lipinski definition) is 2. The van der Waals surface area contributed by atoms with Crippen molar-refractivity contribution in [1.82, 2.24) is 0 Å². The second-order valence-electron chi connectivity index (χ2n) is 10.1. The van der Waals surface area contributed by atoms with Crippen LogP contribution in [0.25, 0.3) is 11.1 Å². The highest BCUT2D eigenvalue weighted by Gasteiger charge is 2.05. The van der Waals surface area contributed by atoms with E-state index < -0.39 is 0 Å². The van der Waals surface area contributed by atoms with E-state index in [1.54, 1.807) is 0 Å². The van der Waals surface area contributed by atoms with Crippen LogP contribution >= 0.6 is 0 Å². The smallest absolute Gasteiger partial charge is 0.201 e. The summed E-state index contributed by atoms with van der Waals surface area (Å²) >= 11 is 0.